The average molecular weight is 510 g/mol. The van der Waals surface area contributed by atoms with E-state index in [9.17, 15) is 14.9 Å². The van der Waals surface area contributed by atoms with Crippen molar-refractivity contribution in [1.82, 2.24) is 9.88 Å². The molecule has 2 heterocycles. The van der Waals surface area contributed by atoms with Crippen molar-refractivity contribution in [2.45, 2.75) is 25.4 Å². The molecule has 0 saturated heterocycles. The molecule has 1 unspecified atom stereocenters. The number of fused-ring (bicyclic) bond motifs is 1. The number of ether oxygens (including phenoxy) is 1. The summed E-state index contributed by atoms with van der Waals surface area (Å²) in [5.74, 6) is 1.01. The summed E-state index contributed by atoms with van der Waals surface area (Å²) < 4.78 is 12.8. The Morgan fingerprint density at radius 2 is 1.79 bits per heavy atom. The van der Waals surface area contributed by atoms with E-state index in [0.29, 0.717) is 12.3 Å². The van der Waals surface area contributed by atoms with Gasteiger partial charge in [0.05, 0.1) is 24.8 Å². The number of benzene rings is 3. The summed E-state index contributed by atoms with van der Waals surface area (Å²) in [6.07, 6.45) is 3.83. The number of carbonyl (C=O) groups is 1. The van der Waals surface area contributed by atoms with Crippen LogP contribution in [-0.2, 0) is 17.9 Å². The number of furan rings is 1. The van der Waals surface area contributed by atoms with Crippen LogP contribution in [0.1, 0.15) is 34.8 Å². The molecular formula is C30H27N3O5. The van der Waals surface area contributed by atoms with Gasteiger partial charge in [0.2, 0.25) is 5.91 Å². The van der Waals surface area contributed by atoms with Crippen LogP contribution in [0.2, 0.25) is 0 Å². The lowest BCUT2D eigenvalue weighted by atomic mass is 9.88. The van der Waals surface area contributed by atoms with Crippen LogP contribution < -0.4 is 10.1 Å². The fourth-order valence-electron chi connectivity index (χ4n) is 4.70. The van der Waals surface area contributed by atoms with Gasteiger partial charge in [0.15, 0.2) is 0 Å². The summed E-state index contributed by atoms with van der Waals surface area (Å²) in [4.78, 5) is 23.9. The molecule has 5 aromatic rings. The van der Waals surface area contributed by atoms with E-state index in [0.717, 1.165) is 33.3 Å². The van der Waals surface area contributed by atoms with Gasteiger partial charge in [-0.1, -0.05) is 42.5 Å². The third-order valence-corrected chi connectivity index (χ3v) is 6.64. The summed E-state index contributed by atoms with van der Waals surface area (Å²) >= 11 is 0. The number of amides is 1. The number of nitro benzene ring substituents is 1. The van der Waals surface area contributed by atoms with Crippen LogP contribution in [0.5, 0.6) is 5.75 Å². The van der Waals surface area contributed by atoms with E-state index in [4.69, 9.17) is 9.15 Å². The average Bonchev–Trinajstić information content (AvgIpc) is 3.60. The highest BCUT2D eigenvalue weighted by Crippen LogP contribution is 2.36. The van der Waals surface area contributed by atoms with Crippen molar-refractivity contribution >= 4 is 22.5 Å². The number of para-hydroxylation sites is 1. The molecule has 38 heavy (non-hydrogen) atoms. The second-order valence-corrected chi connectivity index (χ2v) is 9.04. The van der Waals surface area contributed by atoms with Gasteiger partial charge < -0.3 is 19.0 Å². The van der Waals surface area contributed by atoms with Crippen molar-refractivity contribution < 1.29 is 18.9 Å². The molecule has 3 aromatic carbocycles. The molecule has 0 aliphatic heterocycles. The number of hydrogen-bond acceptors (Lipinski definition) is 5. The van der Waals surface area contributed by atoms with Crippen molar-refractivity contribution in [2.24, 2.45) is 0 Å². The highest BCUT2D eigenvalue weighted by Gasteiger charge is 2.24. The molecule has 1 N–H and O–H groups in total. The molecule has 0 aliphatic carbocycles. The summed E-state index contributed by atoms with van der Waals surface area (Å²) in [5, 5.41) is 15.2. The summed E-state index contributed by atoms with van der Waals surface area (Å²) in [5.41, 5.74) is 3.98. The molecule has 5 rings (SSSR count). The number of non-ortho nitro benzene ring substituents is 1. The summed E-state index contributed by atoms with van der Waals surface area (Å²) in [7, 11) is 1.64. The maximum Gasteiger partial charge on any atom is 0.269 e. The van der Waals surface area contributed by atoms with Crippen molar-refractivity contribution in [1.29, 1.82) is 0 Å². The number of aromatic nitrogens is 1. The van der Waals surface area contributed by atoms with Gasteiger partial charge in [0.1, 0.15) is 11.5 Å². The first-order valence-corrected chi connectivity index (χ1v) is 12.3. The summed E-state index contributed by atoms with van der Waals surface area (Å²) in [6.45, 7) is 0.931. The highest BCUT2D eigenvalue weighted by atomic mass is 16.6. The van der Waals surface area contributed by atoms with Gasteiger partial charge in [-0.25, -0.2) is 0 Å². The van der Waals surface area contributed by atoms with E-state index >= 15 is 0 Å². The maximum absolute atomic E-state index is 13.1. The maximum atomic E-state index is 13.1. The molecule has 0 bridgehead atoms. The monoisotopic (exact) mass is 509 g/mol. The quantitative estimate of drug-likeness (QED) is 0.183. The first-order valence-electron chi connectivity index (χ1n) is 12.3. The Morgan fingerprint density at radius 3 is 2.47 bits per heavy atom. The third kappa shape index (κ3) is 5.44. The van der Waals surface area contributed by atoms with Crippen molar-refractivity contribution in [3.63, 3.8) is 0 Å². The lowest BCUT2D eigenvalue weighted by molar-refractivity contribution is -0.384. The molecule has 0 radical (unpaired) electrons. The Labute approximate surface area is 219 Å². The smallest absolute Gasteiger partial charge is 0.269 e. The minimum Gasteiger partial charge on any atom is -0.497 e. The Bertz CT molecular complexity index is 1540. The van der Waals surface area contributed by atoms with E-state index in [1.54, 1.807) is 37.6 Å². The van der Waals surface area contributed by atoms with Gasteiger partial charge in [-0.3, -0.25) is 14.9 Å². The first kappa shape index (κ1) is 24.8. The van der Waals surface area contributed by atoms with Crippen molar-refractivity contribution in [2.75, 3.05) is 7.11 Å². The van der Waals surface area contributed by atoms with Crippen molar-refractivity contribution in [3.8, 4) is 5.75 Å². The molecule has 192 valence electrons. The molecule has 0 saturated carbocycles. The van der Waals surface area contributed by atoms with Gasteiger partial charge in [-0.15, -0.1) is 0 Å². The highest BCUT2D eigenvalue weighted by molar-refractivity contribution is 5.87. The molecule has 0 spiro atoms. The van der Waals surface area contributed by atoms with E-state index in [-0.39, 0.29) is 30.5 Å². The number of rotatable bonds is 10. The van der Waals surface area contributed by atoms with Gasteiger partial charge in [-0.2, -0.15) is 0 Å². The Kier molecular flexibility index (Phi) is 7.21. The molecule has 1 amide bonds. The van der Waals surface area contributed by atoms with Gasteiger partial charge in [0.25, 0.3) is 5.69 Å². The normalized spacial score (nSPS) is 11.8. The lowest BCUT2D eigenvalue weighted by Gasteiger charge is -2.17. The topological polar surface area (TPSA) is 99.5 Å². The first-order chi connectivity index (χ1) is 18.5. The molecule has 8 nitrogen and oxygen atoms in total. The molecule has 0 aliphatic rings. The third-order valence-electron chi connectivity index (χ3n) is 6.64. The van der Waals surface area contributed by atoms with E-state index in [1.165, 1.54) is 12.1 Å². The zero-order valence-corrected chi connectivity index (χ0v) is 20.9. The Balaban J connectivity index is 1.50. The van der Waals surface area contributed by atoms with Crippen LogP contribution in [0, 0.1) is 10.1 Å². The second kappa shape index (κ2) is 11.0. The van der Waals surface area contributed by atoms with E-state index in [1.807, 2.05) is 42.5 Å². The second-order valence-electron chi connectivity index (χ2n) is 9.04. The van der Waals surface area contributed by atoms with Crippen molar-refractivity contribution in [3.05, 3.63) is 130 Å². The van der Waals surface area contributed by atoms with Crippen LogP contribution in [0.25, 0.3) is 10.9 Å². The minimum absolute atomic E-state index is 0.0108. The molecule has 1 atom stereocenters. The van der Waals surface area contributed by atoms with E-state index in [2.05, 4.69) is 22.1 Å². The number of hydrogen-bond donors (Lipinski definition) is 1. The zero-order chi connectivity index (χ0) is 26.5. The number of nitrogens with zero attached hydrogens (tertiary/aromatic N) is 2. The number of nitro groups is 1. The molecule has 2 aromatic heterocycles. The van der Waals surface area contributed by atoms with Crippen LogP contribution in [-0.4, -0.2) is 22.5 Å². The molecular weight excluding hydrogens is 482 g/mol. The molecule has 0 fully saturated rings. The van der Waals surface area contributed by atoms with Crippen LogP contribution in [0.15, 0.2) is 102 Å². The fourth-order valence-corrected chi connectivity index (χ4v) is 4.70. The standard InChI is InChI=1S/C30H27N3O5/c1-37-24-14-8-21(9-15-24)19-32-20-28(26-6-2-3-7-29(26)32)27(22-10-12-23(13-11-22)33(35)36)17-30(34)31-18-25-5-4-16-38-25/h2-16,20,27H,17-19H2,1H3,(H,31,34). The number of nitrogens with one attached hydrogen (secondary N) is 1. The largest absolute Gasteiger partial charge is 0.497 e. The van der Waals surface area contributed by atoms with Gasteiger partial charge >= 0.3 is 0 Å². The minimum atomic E-state index is -0.421. The van der Waals surface area contributed by atoms with Crippen LogP contribution >= 0.6 is 0 Å². The van der Waals surface area contributed by atoms with Gasteiger partial charge in [0, 0.05) is 48.1 Å². The zero-order valence-electron chi connectivity index (χ0n) is 20.9. The Morgan fingerprint density at radius 1 is 1.03 bits per heavy atom. The predicted octanol–water partition coefficient (Wildman–Crippen LogP) is 6.04. The van der Waals surface area contributed by atoms with Crippen LogP contribution in [0.3, 0.4) is 0 Å². The van der Waals surface area contributed by atoms with E-state index < -0.39 is 4.92 Å². The van der Waals surface area contributed by atoms with Crippen LogP contribution in [0.4, 0.5) is 5.69 Å². The fraction of sp³-hybridized carbons (Fsp3) is 0.167. The molecule has 8 heteroatoms. The predicted molar refractivity (Wildman–Crippen MR) is 144 cm³/mol. The lowest BCUT2D eigenvalue weighted by Crippen LogP contribution is -2.24. The van der Waals surface area contributed by atoms with Gasteiger partial charge in [-0.05, 0) is 47.0 Å². The SMILES string of the molecule is COc1ccc(Cn2cc(C(CC(=O)NCc3ccco3)c3ccc([N+](=O)[O-])cc3)c3ccccc32)cc1. The Hall–Kier alpha value is -4.85. The number of methoxy groups -OCH3 is 1. The summed E-state index contributed by atoms with van der Waals surface area (Å²) in [6, 6.07) is 26.0. The number of carbonyl (C=O) groups excluding carboxylic acids is 1.